The van der Waals surface area contributed by atoms with Gasteiger partial charge in [-0.25, -0.2) is 9.97 Å². The molecule has 33 heavy (non-hydrogen) atoms. The average molecular weight is 439 g/mol. The van der Waals surface area contributed by atoms with Crippen LogP contribution in [0.5, 0.6) is 5.88 Å². The van der Waals surface area contributed by atoms with Gasteiger partial charge in [0.25, 0.3) is 5.91 Å². The Hall–Kier alpha value is -3.21. The van der Waals surface area contributed by atoms with Gasteiger partial charge >= 0.3 is 0 Å². The molecule has 3 aromatic rings. The molecule has 3 aromatic heterocycles. The van der Waals surface area contributed by atoms with Crippen molar-refractivity contribution < 1.29 is 14.3 Å². The Balaban J connectivity index is 1.41. The van der Waals surface area contributed by atoms with Crippen molar-refractivity contribution in [2.45, 2.75) is 24.2 Å². The lowest BCUT2D eigenvalue weighted by molar-refractivity contribution is -0.165. The van der Waals surface area contributed by atoms with Gasteiger partial charge in [-0.2, -0.15) is 9.61 Å². The first-order valence-corrected chi connectivity index (χ1v) is 10.5. The molecule has 10 nitrogen and oxygen atoms in total. The number of hydrogen-bond acceptors (Lipinski definition) is 8. The Labute approximate surface area is 194 Å². The summed E-state index contributed by atoms with van der Waals surface area (Å²) >= 11 is 0. The number of ether oxygens (including phenoxy) is 2. The Morgan fingerprint density at radius 1 is 1.33 bits per heavy atom. The highest BCUT2D eigenvalue weighted by molar-refractivity contribution is 6.58. The predicted octanol–water partition coefficient (Wildman–Crippen LogP) is 0.314. The Bertz CT molecular complexity index is 1200. The van der Waals surface area contributed by atoms with Crippen molar-refractivity contribution in [2.75, 3.05) is 30.9 Å². The lowest BCUT2D eigenvalue weighted by Crippen LogP contribution is -2.59. The molecule has 162 valence electrons. The summed E-state index contributed by atoms with van der Waals surface area (Å²) in [7, 11) is 18.4. The minimum Gasteiger partial charge on any atom is -0.499 e. The molecule has 1 aliphatic heterocycles. The number of amides is 1. The van der Waals surface area contributed by atoms with Crippen molar-refractivity contribution >= 4 is 52.4 Å². The summed E-state index contributed by atoms with van der Waals surface area (Å²) in [4.78, 5) is 21.7. The molecular formula is C20H20B3N7O3. The second-order valence-corrected chi connectivity index (χ2v) is 8.58. The molecule has 1 amide bonds. The number of anilines is 3. The summed E-state index contributed by atoms with van der Waals surface area (Å²) in [5.41, 5.74) is 1.45. The van der Waals surface area contributed by atoms with Crippen molar-refractivity contribution in [1.29, 1.82) is 0 Å². The fourth-order valence-corrected chi connectivity index (χ4v) is 4.22. The molecule has 13 heteroatoms. The molecule has 1 spiro atoms. The molecule has 2 fully saturated rings. The molecule has 5 rings (SSSR count). The number of nitrogens with one attached hydrogen (secondary N) is 3. The molecule has 1 saturated heterocycles. The minimum absolute atomic E-state index is 0.100. The highest BCUT2D eigenvalue weighted by Gasteiger charge is 2.50. The summed E-state index contributed by atoms with van der Waals surface area (Å²) < 4.78 is 12.2. The molecule has 0 bridgehead atoms. The van der Waals surface area contributed by atoms with Crippen molar-refractivity contribution in [2.24, 2.45) is 5.41 Å². The number of hydrogen-bond donors (Lipinski definition) is 3. The summed E-state index contributed by atoms with van der Waals surface area (Å²) in [6.45, 7) is 1.55. The van der Waals surface area contributed by atoms with E-state index in [1.165, 1.54) is 12.4 Å². The standard InChI is InChI=1S/C20H20B3N7O3/c1-24-15-5-14(28-13-3-2-4-25-18(13)33-20(21,22)23)29-16-12(8-26-30(15)16)17(31)27-11-6-19(7-11)9-32-10-19/h2-5,8,11,24H,6-7,9-10H2,1H3,(H,27,31)(H,28,29). The van der Waals surface area contributed by atoms with Crippen molar-refractivity contribution in [3.63, 3.8) is 0 Å². The molecule has 1 saturated carbocycles. The van der Waals surface area contributed by atoms with Crippen LogP contribution in [0.1, 0.15) is 23.2 Å². The zero-order valence-electron chi connectivity index (χ0n) is 18.0. The Morgan fingerprint density at radius 2 is 2.12 bits per heavy atom. The normalized spacial score (nSPS) is 17.2. The number of nitrogens with zero attached hydrogens (tertiary/aromatic N) is 4. The van der Waals surface area contributed by atoms with Crippen LogP contribution in [0.3, 0.4) is 0 Å². The van der Waals surface area contributed by atoms with Crippen molar-refractivity contribution in [3.8, 4) is 5.88 Å². The quantitative estimate of drug-likeness (QED) is 0.452. The van der Waals surface area contributed by atoms with Crippen LogP contribution in [-0.4, -0.2) is 80.6 Å². The number of pyridine rings is 1. The maximum Gasteiger partial charge on any atom is 0.256 e. The number of aromatic nitrogens is 4. The third-order valence-electron chi connectivity index (χ3n) is 5.79. The highest BCUT2D eigenvalue weighted by Crippen LogP contribution is 2.46. The Morgan fingerprint density at radius 3 is 2.79 bits per heavy atom. The maximum atomic E-state index is 13.0. The largest absolute Gasteiger partial charge is 0.499 e. The first-order valence-electron chi connectivity index (χ1n) is 10.5. The molecule has 6 radical (unpaired) electrons. The number of rotatable bonds is 7. The second kappa shape index (κ2) is 7.98. The SMILES string of the molecule is [B]C([B])([B])Oc1ncccc1Nc1cc(NC)n2ncc(C(=O)NC3CC4(COC4)C3)c2n1. The second-order valence-electron chi connectivity index (χ2n) is 8.58. The van der Waals surface area contributed by atoms with Gasteiger partial charge < -0.3 is 25.4 Å². The van der Waals surface area contributed by atoms with E-state index in [2.05, 4.69) is 31.0 Å². The van der Waals surface area contributed by atoms with Crippen LogP contribution in [0.2, 0.25) is 0 Å². The molecule has 2 aliphatic rings. The van der Waals surface area contributed by atoms with E-state index in [0.29, 0.717) is 28.5 Å². The summed E-state index contributed by atoms with van der Waals surface area (Å²) in [6, 6.07) is 5.26. The van der Waals surface area contributed by atoms with Crippen LogP contribution in [-0.2, 0) is 4.74 Å². The summed E-state index contributed by atoms with van der Waals surface area (Å²) in [5.74, 6) is 0.919. The first kappa shape index (κ1) is 21.6. The van der Waals surface area contributed by atoms with Crippen molar-refractivity contribution in [3.05, 3.63) is 36.2 Å². The van der Waals surface area contributed by atoms with E-state index in [1.54, 1.807) is 29.8 Å². The smallest absolute Gasteiger partial charge is 0.256 e. The molecule has 3 N–H and O–H groups in total. The van der Waals surface area contributed by atoms with Gasteiger partial charge in [-0.3, -0.25) is 4.79 Å². The number of fused-ring (bicyclic) bond motifs is 1. The number of carbonyl (C=O) groups is 1. The lowest BCUT2D eigenvalue weighted by Gasteiger charge is -2.53. The fourth-order valence-electron chi connectivity index (χ4n) is 4.22. The molecule has 4 heterocycles. The average Bonchev–Trinajstić information content (AvgIpc) is 3.12. The topological polar surface area (TPSA) is 115 Å². The number of carbonyl (C=O) groups excluding carboxylic acids is 1. The van der Waals surface area contributed by atoms with Gasteiger partial charge in [0, 0.05) is 30.8 Å². The zero-order valence-corrected chi connectivity index (χ0v) is 18.0. The van der Waals surface area contributed by atoms with Gasteiger partial charge in [0.15, 0.2) is 5.65 Å². The van der Waals surface area contributed by atoms with E-state index in [-0.39, 0.29) is 23.2 Å². The molecular weight excluding hydrogens is 419 g/mol. The van der Waals surface area contributed by atoms with E-state index in [9.17, 15) is 4.79 Å². The molecule has 1 aliphatic carbocycles. The molecule has 0 unspecified atom stereocenters. The van der Waals surface area contributed by atoms with Gasteiger partial charge in [0.1, 0.15) is 46.4 Å². The van der Waals surface area contributed by atoms with E-state index in [4.69, 9.17) is 33.0 Å². The molecule has 0 atom stereocenters. The van der Waals surface area contributed by atoms with Crippen LogP contribution in [0.4, 0.5) is 17.3 Å². The monoisotopic (exact) mass is 439 g/mol. The molecule has 0 aromatic carbocycles. The third-order valence-corrected chi connectivity index (χ3v) is 5.79. The van der Waals surface area contributed by atoms with Gasteiger partial charge in [-0.05, 0) is 30.3 Å². The summed E-state index contributed by atoms with van der Waals surface area (Å²) in [5, 5.41) is 11.7. The van der Waals surface area contributed by atoms with E-state index < -0.39 is 5.30 Å². The van der Waals surface area contributed by atoms with E-state index in [1.807, 2.05) is 0 Å². The lowest BCUT2D eigenvalue weighted by atomic mass is 9.52. The zero-order chi connectivity index (χ0) is 23.2. The van der Waals surface area contributed by atoms with Crippen LogP contribution in [0, 0.1) is 5.41 Å². The van der Waals surface area contributed by atoms with Crippen LogP contribution in [0.15, 0.2) is 30.6 Å². The van der Waals surface area contributed by atoms with Crippen LogP contribution < -0.4 is 20.7 Å². The van der Waals surface area contributed by atoms with Gasteiger partial charge in [0.2, 0.25) is 5.88 Å². The fraction of sp³-hybridized carbons (Fsp3) is 0.400. The minimum atomic E-state index is -1.90. The first-order chi connectivity index (χ1) is 15.8. The van der Waals surface area contributed by atoms with Gasteiger partial charge in [-0.1, -0.05) is 0 Å². The van der Waals surface area contributed by atoms with Crippen LogP contribution >= 0.6 is 0 Å². The summed E-state index contributed by atoms with van der Waals surface area (Å²) in [6.07, 6.45) is 4.87. The van der Waals surface area contributed by atoms with Crippen LogP contribution in [0.25, 0.3) is 5.65 Å². The Kier molecular flexibility index (Phi) is 5.23. The third kappa shape index (κ3) is 4.24. The van der Waals surface area contributed by atoms with Crippen molar-refractivity contribution in [1.82, 2.24) is 24.9 Å². The maximum absolute atomic E-state index is 13.0. The van der Waals surface area contributed by atoms with E-state index in [0.717, 1.165) is 26.1 Å². The van der Waals surface area contributed by atoms with Gasteiger partial charge in [-0.15, -0.1) is 0 Å². The van der Waals surface area contributed by atoms with E-state index >= 15 is 0 Å². The predicted molar refractivity (Wildman–Crippen MR) is 124 cm³/mol. The highest BCUT2D eigenvalue weighted by atomic mass is 16.5. The van der Waals surface area contributed by atoms with Gasteiger partial charge in [0.05, 0.1) is 19.4 Å².